The van der Waals surface area contributed by atoms with Gasteiger partial charge < -0.3 is 5.11 Å². The molecule has 19 heavy (non-hydrogen) atoms. The molecule has 1 heterocycles. The smallest absolute Gasteiger partial charge is 0.113 e. The monoisotopic (exact) mass is 272 g/mol. The molecule has 100 valence electrons. The van der Waals surface area contributed by atoms with Gasteiger partial charge in [-0.25, -0.2) is 0 Å². The van der Waals surface area contributed by atoms with Crippen molar-refractivity contribution in [3.63, 3.8) is 0 Å². The topological polar surface area (TPSA) is 20.2 Å². The molecule has 0 aliphatic heterocycles. The average molecular weight is 272 g/mol. The molecule has 1 aromatic carbocycles. The highest BCUT2D eigenvalue weighted by molar-refractivity contribution is 7.12. The van der Waals surface area contributed by atoms with Gasteiger partial charge in [0.05, 0.1) is 0 Å². The van der Waals surface area contributed by atoms with Crippen LogP contribution >= 0.6 is 11.3 Å². The van der Waals surface area contributed by atoms with E-state index < -0.39 is 6.10 Å². The Hall–Kier alpha value is -1.12. The quantitative estimate of drug-likeness (QED) is 0.884. The van der Waals surface area contributed by atoms with Crippen LogP contribution in [0.5, 0.6) is 0 Å². The van der Waals surface area contributed by atoms with E-state index in [9.17, 15) is 5.11 Å². The molecule has 1 unspecified atom stereocenters. The van der Waals surface area contributed by atoms with E-state index in [0.717, 1.165) is 16.9 Å². The molecule has 0 spiro atoms. The first kappa shape index (κ1) is 12.9. The summed E-state index contributed by atoms with van der Waals surface area (Å²) >= 11 is 1.72. The lowest BCUT2D eigenvalue weighted by Gasteiger charge is -2.18. The maximum atomic E-state index is 10.5. The Balaban J connectivity index is 1.88. The molecule has 1 aromatic heterocycles. The minimum atomic E-state index is -0.461. The van der Waals surface area contributed by atoms with E-state index in [-0.39, 0.29) is 0 Å². The van der Waals surface area contributed by atoms with Crippen molar-refractivity contribution in [2.45, 2.75) is 45.1 Å². The fourth-order valence-corrected chi connectivity index (χ4v) is 3.79. The Morgan fingerprint density at radius 1 is 1.11 bits per heavy atom. The second-order valence-electron chi connectivity index (χ2n) is 5.30. The van der Waals surface area contributed by atoms with Crippen molar-refractivity contribution in [3.05, 3.63) is 56.8 Å². The molecule has 3 rings (SSSR count). The number of thiophene rings is 1. The largest absolute Gasteiger partial charge is 0.383 e. The molecule has 1 atom stereocenters. The van der Waals surface area contributed by atoms with Crippen molar-refractivity contribution < 1.29 is 5.11 Å². The number of aliphatic hydroxyl groups excluding tert-OH is 1. The molecule has 0 saturated heterocycles. The maximum absolute atomic E-state index is 10.5. The maximum Gasteiger partial charge on any atom is 0.113 e. The average Bonchev–Trinajstić information content (AvgIpc) is 2.95. The van der Waals surface area contributed by atoms with Gasteiger partial charge in [-0.05, 0) is 60.9 Å². The van der Waals surface area contributed by atoms with Crippen molar-refractivity contribution >= 4 is 11.3 Å². The van der Waals surface area contributed by atoms with Gasteiger partial charge in [-0.15, -0.1) is 11.3 Å². The van der Waals surface area contributed by atoms with E-state index >= 15 is 0 Å². The predicted molar refractivity (Wildman–Crippen MR) is 80.8 cm³/mol. The van der Waals surface area contributed by atoms with E-state index in [1.165, 1.54) is 41.7 Å². The summed E-state index contributed by atoms with van der Waals surface area (Å²) in [6.07, 6.45) is 5.54. The zero-order valence-electron chi connectivity index (χ0n) is 11.4. The third-order valence-corrected chi connectivity index (χ3v) is 5.27. The molecular weight excluding hydrogens is 252 g/mol. The highest BCUT2D eigenvalue weighted by Crippen LogP contribution is 2.31. The molecule has 0 fully saturated rings. The molecule has 1 nitrogen and oxygen atoms in total. The number of aliphatic hydroxyl groups is 1. The summed E-state index contributed by atoms with van der Waals surface area (Å²) in [5.74, 6) is 0. The van der Waals surface area contributed by atoms with Gasteiger partial charge in [0, 0.05) is 9.75 Å². The lowest BCUT2D eigenvalue weighted by Crippen LogP contribution is -2.05. The van der Waals surface area contributed by atoms with Gasteiger partial charge in [-0.3, -0.25) is 0 Å². The molecule has 0 bridgehead atoms. The Bertz CT molecular complexity index is 570. The predicted octanol–water partition coefficient (Wildman–Crippen LogP) is 4.27. The summed E-state index contributed by atoms with van der Waals surface area (Å²) in [7, 11) is 0. The van der Waals surface area contributed by atoms with Gasteiger partial charge in [-0.2, -0.15) is 0 Å². The van der Waals surface area contributed by atoms with Crippen LogP contribution in [0.15, 0.2) is 30.3 Å². The van der Waals surface area contributed by atoms with Gasteiger partial charge in [0.15, 0.2) is 0 Å². The summed E-state index contributed by atoms with van der Waals surface area (Å²) in [6.45, 7) is 2.15. The van der Waals surface area contributed by atoms with Crippen molar-refractivity contribution in [2.75, 3.05) is 0 Å². The molecular formula is C17H20OS. The molecule has 0 radical (unpaired) electrons. The third-order valence-electron chi connectivity index (χ3n) is 3.99. The number of fused-ring (bicyclic) bond motifs is 1. The van der Waals surface area contributed by atoms with Crippen LogP contribution in [0.1, 0.15) is 52.3 Å². The second-order valence-corrected chi connectivity index (χ2v) is 6.50. The number of hydrogen-bond donors (Lipinski definition) is 1. The first-order chi connectivity index (χ1) is 9.28. The highest BCUT2D eigenvalue weighted by Gasteiger charge is 2.16. The van der Waals surface area contributed by atoms with Crippen molar-refractivity contribution in [3.8, 4) is 0 Å². The first-order valence-electron chi connectivity index (χ1n) is 7.16. The van der Waals surface area contributed by atoms with Gasteiger partial charge in [-0.1, -0.05) is 25.1 Å². The normalized spacial score (nSPS) is 16.1. The summed E-state index contributed by atoms with van der Waals surface area (Å²) < 4.78 is 0. The Labute approximate surface area is 118 Å². The van der Waals surface area contributed by atoms with Gasteiger partial charge >= 0.3 is 0 Å². The Kier molecular flexibility index (Phi) is 3.72. The van der Waals surface area contributed by atoms with E-state index in [4.69, 9.17) is 0 Å². The van der Waals surface area contributed by atoms with Crippen LogP contribution in [0.3, 0.4) is 0 Å². The molecule has 0 amide bonds. The fourth-order valence-electron chi connectivity index (χ4n) is 2.82. The number of hydrogen-bond acceptors (Lipinski definition) is 2. The molecule has 0 saturated carbocycles. The Morgan fingerprint density at radius 3 is 2.63 bits per heavy atom. The third kappa shape index (κ3) is 2.60. The van der Waals surface area contributed by atoms with Crippen LogP contribution < -0.4 is 0 Å². The zero-order chi connectivity index (χ0) is 13.2. The SMILES string of the molecule is CCc1ccc(C(O)c2ccc3c(c2)CCCC3)s1. The highest BCUT2D eigenvalue weighted by atomic mass is 32.1. The number of aryl methyl sites for hydroxylation is 3. The van der Waals surface area contributed by atoms with Crippen LogP contribution in [0, 0.1) is 0 Å². The van der Waals surface area contributed by atoms with Crippen molar-refractivity contribution in [1.29, 1.82) is 0 Å². The number of benzene rings is 1. The summed E-state index contributed by atoms with van der Waals surface area (Å²) in [6, 6.07) is 10.7. The molecule has 1 aliphatic carbocycles. The van der Waals surface area contributed by atoms with Crippen LogP contribution in [-0.2, 0) is 19.3 Å². The fraction of sp³-hybridized carbons (Fsp3) is 0.412. The van der Waals surface area contributed by atoms with Gasteiger partial charge in [0.2, 0.25) is 0 Å². The van der Waals surface area contributed by atoms with E-state index in [2.05, 4.69) is 37.3 Å². The second kappa shape index (κ2) is 5.48. The van der Waals surface area contributed by atoms with E-state index in [1.54, 1.807) is 11.3 Å². The van der Waals surface area contributed by atoms with Crippen LogP contribution in [-0.4, -0.2) is 5.11 Å². The standard InChI is InChI=1S/C17H20OS/c1-2-15-9-10-16(19-15)17(18)14-8-7-12-5-3-4-6-13(12)11-14/h7-11,17-18H,2-6H2,1H3. The molecule has 2 aromatic rings. The number of rotatable bonds is 3. The molecule has 1 N–H and O–H groups in total. The molecule has 2 heteroatoms. The van der Waals surface area contributed by atoms with Crippen LogP contribution in [0.2, 0.25) is 0 Å². The zero-order valence-corrected chi connectivity index (χ0v) is 12.2. The van der Waals surface area contributed by atoms with Crippen molar-refractivity contribution in [1.82, 2.24) is 0 Å². The Morgan fingerprint density at radius 2 is 1.89 bits per heavy atom. The summed E-state index contributed by atoms with van der Waals surface area (Å²) in [5.41, 5.74) is 3.96. The minimum absolute atomic E-state index is 0.461. The van der Waals surface area contributed by atoms with E-state index in [1.807, 2.05) is 0 Å². The first-order valence-corrected chi connectivity index (χ1v) is 7.98. The minimum Gasteiger partial charge on any atom is -0.383 e. The summed E-state index contributed by atoms with van der Waals surface area (Å²) in [5, 5.41) is 10.5. The summed E-state index contributed by atoms with van der Waals surface area (Å²) in [4.78, 5) is 2.40. The van der Waals surface area contributed by atoms with Gasteiger partial charge in [0.25, 0.3) is 0 Å². The van der Waals surface area contributed by atoms with Crippen molar-refractivity contribution in [2.24, 2.45) is 0 Å². The lowest BCUT2D eigenvalue weighted by molar-refractivity contribution is 0.224. The van der Waals surface area contributed by atoms with Gasteiger partial charge in [0.1, 0.15) is 6.10 Å². The molecule has 1 aliphatic rings. The van der Waals surface area contributed by atoms with Crippen LogP contribution in [0.25, 0.3) is 0 Å². The van der Waals surface area contributed by atoms with Crippen LogP contribution in [0.4, 0.5) is 0 Å². The van der Waals surface area contributed by atoms with E-state index in [0.29, 0.717) is 0 Å². The lowest BCUT2D eigenvalue weighted by atomic mass is 9.89.